The number of nitrogens with zero attached hydrogens (tertiary/aromatic N) is 3. The van der Waals surface area contributed by atoms with E-state index in [9.17, 15) is 18.5 Å². The molecular formula is C14H23N4O4S+. The van der Waals surface area contributed by atoms with Crippen molar-refractivity contribution in [1.29, 1.82) is 0 Å². The molecular weight excluding hydrogens is 320 g/mol. The Hall–Kier alpha value is -1.71. The van der Waals surface area contributed by atoms with Crippen LogP contribution in [0, 0.1) is 10.1 Å². The van der Waals surface area contributed by atoms with Gasteiger partial charge in [-0.15, -0.1) is 0 Å². The number of hydrogen-bond acceptors (Lipinski definition) is 5. The molecule has 8 nitrogen and oxygen atoms in total. The van der Waals surface area contributed by atoms with E-state index in [1.807, 2.05) is 4.90 Å². The molecule has 0 aliphatic carbocycles. The highest BCUT2D eigenvalue weighted by atomic mass is 32.2. The molecule has 128 valence electrons. The summed E-state index contributed by atoms with van der Waals surface area (Å²) in [6.07, 6.45) is 0. The minimum Gasteiger partial charge on any atom is -0.355 e. The molecule has 0 amide bonds. The van der Waals surface area contributed by atoms with Crippen molar-refractivity contribution in [3.05, 3.63) is 28.3 Å². The summed E-state index contributed by atoms with van der Waals surface area (Å²) in [6.45, 7) is 7.31. The van der Waals surface area contributed by atoms with Crippen molar-refractivity contribution in [2.45, 2.75) is 18.7 Å². The lowest BCUT2D eigenvalue weighted by Gasteiger charge is -2.27. The van der Waals surface area contributed by atoms with Gasteiger partial charge in [-0.25, -0.2) is 8.42 Å². The summed E-state index contributed by atoms with van der Waals surface area (Å²) < 4.78 is 26.4. The molecule has 0 atom stereocenters. The molecule has 1 aliphatic heterocycles. The lowest BCUT2D eigenvalue weighted by Crippen LogP contribution is -2.89. The van der Waals surface area contributed by atoms with Crippen LogP contribution >= 0.6 is 0 Å². The Morgan fingerprint density at radius 3 is 2.39 bits per heavy atom. The molecule has 0 spiro atoms. The summed E-state index contributed by atoms with van der Waals surface area (Å²) in [7, 11) is -3.70. The van der Waals surface area contributed by atoms with Crippen molar-refractivity contribution in [1.82, 2.24) is 4.31 Å². The van der Waals surface area contributed by atoms with Gasteiger partial charge in [0.2, 0.25) is 10.0 Å². The second-order valence-corrected chi connectivity index (χ2v) is 7.29. The Kier molecular flexibility index (Phi) is 5.55. The molecule has 1 fully saturated rings. The van der Waals surface area contributed by atoms with Gasteiger partial charge in [-0.2, -0.15) is 4.31 Å². The van der Waals surface area contributed by atoms with Gasteiger partial charge >= 0.3 is 0 Å². The number of piperazine rings is 1. The van der Waals surface area contributed by atoms with Crippen LogP contribution in [0.25, 0.3) is 0 Å². The molecule has 1 saturated heterocycles. The monoisotopic (exact) mass is 343 g/mol. The van der Waals surface area contributed by atoms with Crippen LogP contribution in [0.15, 0.2) is 23.1 Å². The number of anilines is 1. The van der Waals surface area contributed by atoms with E-state index >= 15 is 0 Å². The fraction of sp³-hybridized carbons (Fsp3) is 0.571. The third kappa shape index (κ3) is 3.62. The molecule has 2 rings (SSSR count). The first-order valence-corrected chi connectivity index (χ1v) is 9.21. The number of sulfonamides is 1. The van der Waals surface area contributed by atoms with E-state index in [1.54, 1.807) is 19.9 Å². The van der Waals surface area contributed by atoms with E-state index in [1.165, 1.54) is 16.4 Å². The lowest BCUT2D eigenvalue weighted by atomic mass is 10.2. The maximum Gasteiger partial charge on any atom is 0.293 e. The molecule has 1 aliphatic rings. The Bertz CT molecular complexity index is 667. The van der Waals surface area contributed by atoms with Crippen LogP contribution in [0.5, 0.6) is 0 Å². The summed E-state index contributed by atoms with van der Waals surface area (Å²) in [5, 5.41) is 13.6. The maximum absolute atomic E-state index is 12.5. The molecule has 0 bridgehead atoms. The number of nitro groups is 1. The molecule has 23 heavy (non-hydrogen) atoms. The smallest absolute Gasteiger partial charge is 0.293 e. The molecule has 9 heteroatoms. The molecule has 2 N–H and O–H groups in total. The molecule has 1 heterocycles. The summed E-state index contributed by atoms with van der Waals surface area (Å²) >= 11 is 0. The number of rotatable bonds is 6. The van der Waals surface area contributed by atoms with E-state index in [2.05, 4.69) is 5.32 Å². The van der Waals surface area contributed by atoms with E-state index in [-0.39, 0.29) is 10.6 Å². The van der Waals surface area contributed by atoms with Crippen molar-refractivity contribution in [2.75, 3.05) is 44.2 Å². The van der Waals surface area contributed by atoms with Gasteiger partial charge in [0, 0.05) is 19.2 Å². The van der Waals surface area contributed by atoms with E-state index < -0.39 is 14.9 Å². The number of benzene rings is 1. The molecule has 0 unspecified atom stereocenters. The van der Waals surface area contributed by atoms with Crippen molar-refractivity contribution < 1.29 is 18.7 Å². The standard InChI is InChI=1S/C14H22N4O4S/c1-3-17(4-2)23(21,22)12-5-6-13(14(11-12)18(19)20)16-9-7-15-8-10-16/h5-6,11,15H,3-4,7-10H2,1-2H3/p+1. The number of quaternary nitrogens is 1. The van der Waals surface area contributed by atoms with Crippen LogP contribution in [0.4, 0.5) is 11.4 Å². The maximum atomic E-state index is 12.5. The summed E-state index contributed by atoms with van der Waals surface area (Å²) in [4.78, 5) is 12.8. The van der Waals surface area contributed by atoms with Gasteiger partial charge in [-0.3, -0.25) is 10.1 Å². The average Bonchev–Trinajstić information content (AvgIpc) is 2.56. The van der Waals surface area contributed by atoms with Crippen molar-refractivity contribution >= 4 is 21.4 Å². The first-order valence-electron chi connectivity index (χ1n) is 7.77. The molecule has 0 saturated carbocycles. The van der Waals surface area contributed by atoms with E-state index in [0.29, 0.717) is 31.9 Å². The SMILES string of the molecule is CCN(CC)S(=O)(=O)c1ccc(N2CC[NH2+]CC2)c([N+](=O)[O-])c1. The van der Waals surface area contributed by atoms with Gasteiger partial charge in [0.15, 0.2) is 0 Å². The van der Waals surface area contributed by atoms with Crippen LogP contribution in [-0.2, 0) is 10.0 Å². The van der Waals surface area contributed by atoms with Gasteiger partial charge in [-0.05, 0) is 12.1 Å². The van der Waals surface area contributed by atoms with Crippen LogP contribution in [-0.4, -0.2) is 56.9 Å². The zero-order valence-corrected chi connectivity index (χ0v) is 14.3. The van der Waals surface area contributed by atoms with Crippen LogP contribution in [0.3, 0.4) is 0 Å². The Balaban J connectivity index is 2.45. The first-order chi connectivity index (χ1) is 10.9. The first kappa shape index (κ1) is 17.6. The van der Waals surface area contributed by atoms with Gasteiger partial charge in [0.25, 0.3) is 5.69 Å². The van der Waals surface area contributed by atoms with E-state index in [0.717, 1.165) is 13.1 Å². The number of nitro benzene ring substituents is 1. The average molecular weight is 343 g/mol. The van der Waals surface area contributed by atoms with Crippen molar-refractivity contribution in [3.8, 4) is 0 Å². The third-order valence-corrected chi connectivity index (χ3v) is 6.08. The topological polar surface area (TPSA) is 100 Å². The zero-order chi connectivity index (χ0) is 17.0. The summed E-state index contributed by atoms with van der Waals surface area (Å²) in [6, 6.07) is 4.20. The van der Waals surface area contributed by atoms with Crippen LogP contribution in [0.2, 0.25) is 0 Å². The lowest BCUT2D eigenvalue weighted by molar-refractivity contribution is -0.655. The molecule has 0 aromatic heterocycles. The zero-order valence-electron chi connectivity index (χ0n) is 13.4. The molecule has 0 radical (unpaired) electrons. The highest BCUT2D eigenvalue weighted by Crippen LogP contribution is 2.31. The number of nitrogens with two attached hydrogens (primary N) is 1. The Morgan fingerprint density at radius 1 is 1.26 bits per heavy atom. The highest BCUT2D eigenvalue weighted by Gasteiger charge is 2.28. The quantitative estimate of drug-likeness (QED) is 0.579. The van der Waals surface area contributed by atoms with Crippen LogP contribution < -0.4 is 10.2 Å². The van der Waals surface area contributed by atoms with Crippen LogP contribution in [0.1, 0.15) is 13.8 Å². The predicted molar refractivity (Wildman–Crippen MR) is 87.1 cm³/mol. The largest absolute Gasteiger partial charge is 0.355 e. The Morgan fingerprint density at radius 2 is 1.87 bits per heavy atom. The third-order valence-electron chi connectivity index (χ3n) is 4.03. The fourth-order valence-electron chi connectivity index (χ4n) is 2.78. The fourth-order valence-corrected chi connectivity index (χ4v) is 4.26. The second kappa shape index (κ2) is 7.24. The van der Waals surface area contributed by atoms with Gasteiger partial charge in [-0.1, -0.05) is 13.8 Å². The van der Waals surface area contributed by atoms with Gasteiger partial charge in [0.1, 0.15) is 5.69 Å². The van der Waals surface area contributed by atoms with Crippen molar-refractivity contribution in [3.63, 3.8) is 0 Å². The number of hydrogen-bond donors (Lipinski definition) is 1. The second-order valence-electron chi connectivity index (χ2n) is 5.35. The minimum absolute atomic E-state index is 0.0276. The van der Waals surface area contributed by atoms with Crippen molar-refractivity contribution in [2.24, 2.45) is 0 Å². The summed E-state index contributed by atoms with van der Waals surface area (Å²) in [5.74, 6) is 0. The van der Waals surface area contributed by atoms with Gasteiger partial charge in [0.05, 0.1) is 36.0 Å². The molecule has 1 aromatic rings. The summed E-state index contributed by atoms with van der Waals surface area (Å²) in [5.41, 5.74) is 0.335. The highest BCUT2D eigenvalue weighted by molar-refractivity contribution is 7.89. The van der Waals surface area contributed by atoms with E-state index in [4.69, 9.17) is 0 Å². The Labute approximate surface area is 136 Å². The minimum atomic E-state index is -3.70. The normalized spacial score (nSPS) is 15.9. The van der Waals surface area contributed by atoms with Gasteiger partial charge < -0.3 is 10.2 Å². The predicted octanol–water partition coefficient (Wildman–Crippen LogP) is 0.00870. The molecule has 1 aromatic carbocycles.